The van der Waals surface area contributed by atoms with Crippen molar-refractivity contribution in [1.29, 1.82) is 0 Å². The van der Waals surface area contributed by atoms with E-state index in [1.54, 1.807) is 18.2 Å². The number of fused-ring (bicyclic) bond motifs is 1. The number of rotatable bonds is 7. The fourth-order valence-electron chi connectivity index (χ4n) is 3.76. The van der Waals surface area contributed by atoms with Gasteiger partial charge in [0.1, 0.15) is 11.3 Å². The number of anilines is 1. The summed E-state index contributed by atoms with van der Waals surface area (Å²) in [5.74, 6) is 1.10. The number of amides is 1. The monoisotopic (exact) mass is 508 g/mol. The van der Waals surface area contributed by atoms with Gasteiger partial charge in [-0.1, -0.05) is 49.2 Å². The first-order valence-electron chi connectivity index (χ1n) is 11.3. The summed E-state index contributed by atoms with van der Waals surface area (Å²) in [7, 11) is 1.51. The van der Waals surface area contributed by atoms with Gasteiger partial charge in [0.25, 0.3) is 0 Å². The van der Waals surface area contributed by atoms with Crippen LogP contribution in [0.25, 0.3) is 28.6 Å². The predicted octanol–water partition coefficient (Wildman–Crippen LogP) is 8.28. The molecule has 3 aromatic carbocycles. The summed E-state index contributed by atoms with van der Waals surface area (Å²) in [5.41, 5.74) is 5.75. The molecule has 4 rings (SSSR count). The van der Waals surface area contributed by atoms with Crippen molar-refractivity contribution in [3.63, 3.8) is 0 Å². The molecule has 5 nitrogen and oxygen atoms in total. The number of nitrogens with zero attached hydrogens (tertiary/aromatic N) is 1. The smallest absolute Gasteiger partial charge is 0.248 e. The molecule has 35 heavy (non-hydrogen) atoms. The molecule has 1 aromatic heterocycles. The average Bonchev–Trinajstić information content (AvgIpc) is 3.26. The first-order chi connectivity index (χ1) is 16.8. The molecule has 4 aromatic rings. The van der Waals surface area contributed by atoms with Crippen molar-refractivity contribution in [3.05, 3.63) is 81.3 Å². The van der Waals surface area contributed by atoms with E-state index < -0.39 is 0 Å². The van der Waals surface area contributed by atoms with Gasteiger partial charge in [-0.25, -0.2) is 4.98 Å². The van der Waals surface area contributed by atoms with E-state index >= 15 is 0 Å². The summed E-state index contributed by atoms with van der Waals surface area (Å²) in [6.07, 6.45) is 4.08. The van der Waals surface area contributed by atoms with Crippen LogP contribution in [0.3, 0.4) is 0 Å². The molecule has 0 aliphatic rings. The zero-order chi connectivity index (χ0) is 25.1. The first kappa shape index (κ1) is 24.8. The molecule has 1 heterocycles. The molecule has 0 bridgehead atoms. The van der Waals surface area contributed by atoms with Gasteiger partial charge in [0.05, 0.1) is 12.1 Å². The van der Waals surface area contributed by atoms with Crippen molar-refractivity contribution < 1.29 is 13.9 Å². The molecule has 0 spiro atoms. The molecule has 0 saturated heterocycles. The second-order valence-electron chi connectivity index (χ2n) is 8.42. The molecule has 0 aliphatic carbocycles. The van der Waals surface area contributed by atoms with E-state index in [2.05, 4.69) is 36.3 Å². The Labute approximate surface area is 214 Å². The van der Waals surface area contributed by atoms with Crippen LogP contribution in [0.5, 0.6) is 5.75 Å². The first-order valence-corrected chi connectivity index (χ1v) is 12.1. The fraction of sp³-hybridized carbons (Fsp3) is 0.214. The number of benzene rings is 3. The van der Waals surface area contributed by atoms with Gasteiger partial charge < -0.3 is 14.5 Å². The maximum absolute atomic E-state index is 12.7. The van der Waals surface area contributed by atoms with Gasteiger partial charge in [-0.05, 0) is 72.9 Å². The van der Waals surface area contributed by atoms with Crippen LogP contribution < -0.4 is 10.1 Å². The highest BCUT2D eigenvalue weighted by Gasteiger charge is 2.13. The second kappa shape index (κ2) is 10.5. The Morgan fingerprint density at radius 2 is 1.97 bits per heavy atom. The third-order valence-electron chi connectivity index (χ3n) is 5.99. The average molecular weight is 509 g/mol. The molecule has 0 radical (unpaired) electrons. The van der Waals surface area contributed by atoms with Crippen molar-refractivity contribution in [1.82, 2.24) is 4.98 Å². The number of hydrogen-bond acceptors (Lipinski definition) is 4. The van der Waals surface area contributed by atoms with Crippen LogP contribution in [-0.2, 0) is 4.79 Å². The summed E-state index contributed by atoms with van der Waals surface area (Å²) in [5, 5.41) is 3.75. The Hall–Kier alpha value is -3.28. The number of hydrogen-bond donors (Lipinski definition) is 1. The normalized spacial score (nSPS) is 12.3. The van der Waals surface area contributed by atoms with E-state index in [0.717, 1.165) is 28.6 Å². The van der Waals surface area contributed by atoms with Gasteiger partial charge in [0.15, 0.2) is 5.58 Å². The molecule has 0 fully saturated rings. The summed E-state index contributed by atoms with van der Waals surface area (Å²) in [6, 6.07) is 15.1. The van der Waals surface area contributed by atoms with E-state index in [1.807, 2.05) is 31.2 Å². The van der Waals surface area contributed by atoms with Gasteiger partial charge in [-0.3, -0.25) is 4.79 Å². The van der Waals surface area contributed by atoms with Crippen LogP contribution in [0.15, 0.2) is 59.0 Å². The predicted molar refractivity (Wildman–Crippen MR) is 144 cm³/mol. The van der Waals surface area contributed by atoms with E-state index in [4.69, 9.17) is 32.4 Å². The molecule has 7 heteroatoms. The number of carbonyl (C=O) groups is 1. The Morgan fingerprint density at radius 3 is 2.71 bits per heavy atom. The largest absolute Gasteiger partial charge is 0.495 e. The standard InChI is InChI=1S/C28H26Cl2N2O3/c1-5-16(2)18-8-10-25-24(13-18)32-28(35-25)20-7-6-17(3)23(14-20)31-26(33)11-9-19-12-21(29)15-22(30)27(19)34-4/h6-16H,5H2,1-4H3,(H,31,33)/b11-9+/t16-/m0/s1. The summed E-state index contributed by atoms with van der Waals surface area (Å²) >= 11 is 12.3. The maximum atomic E-state index is 12.7. The lowest BCUT2D eigenvalue weighted by molar-refractivity contribution is -0.111. The zero-order valence-corrected chi connectivity index (χ0v) is 21.5. The van der Waals surface area contributed by atoms with E-state index in [1.165, 1.54) is 18.7 Å². The van der Waals surface area contributed by atoms with Crippen molar-refractivity contribution in [2.45, 2.75) is 33.1 Å². The Kier molecular flexibility index (Phi) is 7.48. The molecule has 0 saturated carbocycles. The molecule has 180 valence electrons. The van der Waals surface area contributed by atoms with E-state index in [9.17, 15) is 4.79 Å². The number of ether oxygens (including phenoxy) is 1. The van der Waals surface area contributed by atoms with Crippen molar-refractivity contribution in [2.24, 2.45) is 0 Å². The number of aromatic nitrogens is 1. The molecule has 1 N–H and O–H groups in total. The fourth-order valence-corrected chi connectivity index (χ4v) is 4.35. The van der Waals surface area contributed by atoms with Gasteiger partial charge in [0, 0.05) is 27.9 Å². The number of aryl methyl sites for hydroxylation is 1. The van der Waals surface area contributed by atoms with Gasteiger partial charge in [0.2, 0.25) is 11.8 Å². The SMILES string of the molecule is CC[C@H](C)c1ccc2oc(-c3ccc(C)c(NC(=O)/C=C/c4cc(Cl)cc(Cl)c4OC)c3)nc2c1. The number of oxazole rings is 1. The van der Waals surface area contributed by atoms with Gasteiger partial charge >= 0.3 is 0 Å². The minimum absolute atomic E-state index is 0.306. The van der Waals surface area contributed by atoms with Crippen LogP contribution in [-0.4, -0.2) is 18.0 Å². The Balaban J connectivity index is 1.57. The molecule has 1 amide bonds. The van der Waals surface area contributed by atoms with E-state index in [-0.39, 0.29) is 5.91 Å². The number of halogens is 2. The summed E-state index contributed by atoms with van der Waals surface area (Å²) < 4.78 is 11.3. The van der Waals surface area contributed by atoms with Crippen molar-refractivity contribution >= 4 is 52.0 Å². The van der Waals surface area contributed by atoms with E-state index in [0.29, 0.717) is 38.9 Å². The van der Waals surface area contributed by atoms with Crippen molar-refractivity contribution in [3.8, 4) is 17.2 Å². The van der Waals surface area contributed by atoms with Crippen LogP contribution in [0.2, 0.25) is 10.0 Å². The highest BCUT2D eigenvalue weighted by atomic mass is 35.5. The molecule has 0 aliphatic heterocycles. The van der Waals surface area contributed by atoms with Crippen LogP contribution in [0.1, 0.15) is 42.9 Å². The minimum Gasteiger partial charge on any atom is -0.495 e. The van der Waals surface area contributed by atoms with Crippen molar-refractivity contribution in [2.75, 3.05) is 12.4 Å². The quantitative estimate of drug-likeness (QED) is 0.255. The molecule has 0 unspecified atom stereocenters. The lowest BCUT2D eigenvalue weighted by Crippen LogP contribution is -2.09. The van der Waals surface area contributed by atoms with Crippen LogP contribution >= 0.6 is 23.2 Å². The Morgan fingerprint density at radius 1 is 1.17 bits per heavy atom. The number of nitrogens with one attached hydrogen (secondary N) is 1. The summed E-state index contributed by atoms with van der Waals surface area (Å²) in [4.78, 5) is 17.4. The van der Waals surface area contributed by atoms with Gasteiger partial charge in [-0.2, -0.15) is 0 Å². The highest BCUT2D eigenvalue weighted by Crippen LogP contribution is 2.33. The van der Waals surface area contributed by atoms with Crippen LogP contribution in [0.4, 0.5) is 5.69 Å². The third kappa shape index (κ3) is 5.53. The Bertz CT molecular complexity index is 1430. The highest BCUT2D eigenvalue weighted by molar-refractivity contribution is 6.36. The summed E-state index contributed by atoms with van der Waals surface area (Å²) in [6.45, 7) is 6.29. The topological polar surface area (TPSA) is 64.4 Å². The third-order valence-corrected chi connectivity index (χ3v) is 6.49. The van der Waals surface area contributed by atoms with Crippen LogP contribution in [0, 0.1) is 6.92 Å². The molecular weight excluding hydrogens is 483 g/mol. The molecule has 1 atom stereocenters. The lowest BCUT2D eigenvalue weighted by Gasteiger charge is -2.09. The van der Waals surface area contributed by atoms with Gasteiger partial charge in [-0.15, -0.1) is 0 Å². The molecular formula is C28H26Cl2N2O3. The number of methoxy groups -OCH3 is 1. The zero-order valence-electron chi connectivity index (χ0n) is 20.0. The minimum atomic E-state index is -0.306. The number of carbonyl (C=O) groups excluding carboxylic acids is 1. The lowest BCUT2D eigenvalue weighted by atomic mass is 9.98. The maximum Gasteiger partial charge on any atom is 0.248 e. The second-order valence-corrected chi connectivity index (χ2v) is 9.26.